The van der Waals surface area contributed by atoms with Crippen molar-refractivity contribution in [2.75, 3.05) is 6.54 Å². The van der Waals surface area contributed by atoms with Gasteiger partial charge >= 0.3 is 0 Å². The molecular formula is C15H16N2O. The fourth-order valence-corrected chi connectivity index (χ4v) is 2.53. The summed E-state index contributed by atoms with van der Waals surface area (Å²) < 4.78 is 0. The second-order valence-corrected chi connectivity index (χ2v) is 4.87. The second kappa shape index (κ2) is 4.33. The molecule has 1 aliphatic heterocycles. The van der Waals surface area contributed by atoms with Crippen LogP contribution in [0.2, 0.25) is 0 Å². The van der Waals surface area contributed by atoms with Crippen molar-refractivity contribution < 1.29 is 4.79 Å². The number of H-pyrrole nitrogens is 1. The molecule has 2 heterocycles. The zero-order valence-corrected chi connectivity index (χ0v) is 10.2. The number of benzene rings is 1. The van der Waals surface area contributed by atoms with Gasteiger partial charge in [-0.1, -0.05) is 18.2 Å². The van der Waals surface area contributed by atoms with Gasteiger partial charge in [0.15, 0.2) is 0 Å². The summed E-state index contributed by atoms with van der Waals surface area (Å²) in [5, 5.41) is 1.20. The summed E-state index contributed by atoms with van der Waals surface area (Å²) in [6.07, 6.45) is 4.42. The minimum absolute atomic E-state index is 0.228. The van der Waals surface area contributed by atoms with Gasteiger partial charge in [-0.3, -0.25) is 4.79 Å². The Morgan fingerprint density at radius 3 is 3.11 bits per heavy atom. The highest BCUT2D eigenvalue weighted by atomic mass is 16.2. The van der Waals surface area contributed by atoms with E-state index in [4.69, 9.17) is 0 Å². The van der Waals surface area contributed by atoms with E-state index in [9.17, 15) is 4.79 Å². The highest BCUT2D eigenvalue weighted by molar-refractivity contribution is 5.81. The predicted octanol–water partition coefficient (Wildman–Crippen LogP) is 2.70. The zero-order valence-electron chi connectivity index (χ0n) is 10.2. The first-order valence-electron chi connectivity index (χ1n) is 6.22. The Morgan fingerprint density at radius 1 is 1.44 bits per heavy atom. The van der Waals surface area contributed by atoms with E-state index in [2.05, 4.69) is 29.8 Å². The van der Waals surface area contributed by atoms with Crippen molar-refractivity contribution in [1.29, 1.82) is 0 Å². The number of rotatable bonds is 3. The smallest absolute Gasteiger partial charge is 0.223 e. The molecule has 18 heavy (non-hydrogen) atoms. The molecule has 1 N–H and O–H groups in total. The molecular weight excluding hydrogens is 224 g/mol. The maximum absolute atomic E-state index is 11.8. The van der Waals surface area contributed by atoms with E-state index in [-0.39, 0.29) is 5.91 Å². The molecule has 2 aromatic rings. The van der Waals surface area contributed by atoms with Gasteiger partial charge in [0.2, 0.25) is 5.91 Å². The lowest BCUT2D eigenvalue weighted by Gasteiger charge is -2.16. The number of nitrogens with one attached hydrogen (secondary N) is 1. The van der Waals surface area contributed by atoms with Crippen LogP contribution in [0.15, 0.2) is 43.1 Å². The van der Waals surface area contributed by atoms with Gasteiger partial charge in [-0.15, -0.1) is 6.58 Å². The normalized spacial score (nSPS) is 19.7. The Kier molecular flexibility index (Phi) is 2.67. The van der Waals surface area contributed by atoms with Crippen molar-refractivity contribution in [1.82, 2.24) is 9.88 Å². The average molecular weight is 240 g/mol. The molecule has 0 aliphatic carbocycles. The summed E-state index contributed by atoms with van der Waals surface area (Å²) in [7, 11) is 0. The van der Waals surface area contributed by atoms with E-state index in [0.29, 0.717) is 18.9 Å². The number of fused-ring (bicyclic) bond motifs is 1. The molecule has 0 saturated carbocycles. The molecule has 1 aromatic carbocycles. The Morgan fingerprint density at radius 2 is 2.33 bits per heavy atom. The maximum Gasteiger partial charge on any atom is 0.223 e. The number of carbonyl (C=O) groups is 1. The summed E-state index contributed by atoms with van der Waals surface area (Å²) in [5.74, 6) is 0.540. The number of hydrogen-bond acceptors (Lipinski definition) is 1. The highest BCUT2D eigenvalue weighted by Crippen LogP contribution is 2.22. The minimum Gasteiger partial charge on any atom is -0.361 e. The van der Waals surface area contributed by atoms with Crippen LogP contribution in [0.5, 0.6) is 0 Å². The van der Waals surface area contributed by atoms with Crippen LogP contribution < -0.4 is 0 Å². The summed E-state index contributed by atoms with van der Waals surface area (Å²) in [6.45, 7) is 5.26. The molecule has 1 amide bonds. The lowest BCUT2D eigenvalue weighted by Crippen LogP contribution is -2.24. The van der Waals surface area contributed by atoms with Gasteiger partial charge in [0.1, 0.15) is 0 Å². The Balaban J connectivity index is 1.79. The number of hydrogen-bond donors (Lipinski definition) is 1. The number of nitrogens with zero attached hydrogens (tertiary/aromatic N) is 1. The molecule has 3 heteroatoms. The van der Waals surface area contributed by atoms with E-state index in [0.717, 1.165) is 12.1 Å². The van der Waals surface area contributed by atoms with Gasteiger partial charge in [0, 0.05) is 37.1 Å². The van der Waals surface area contributed by atoms with Crippen molar-refractivity contribution >= 4 is 16.8 Å². The third-order valence-electron chi connectivity index (χ3n) is 3.57. The van der Waals surface area contributed by atoms with Crippen molar-refractivity contribution in [3.8, 4) is 0 Å². The standard InChI is InChI=1S/C15H16N2O/c1-2-11-8-15(18)17(9-11)10-12-3-4-13-5-6-16-14(13)7-12/h2-7,11,16H,1,8-10H2. The summed E-state index contributed by atoms with van der Waals surface area (Å²) in [4.78, 5) is 16.9. The molecule has 92 valence electrons. The minimum atomic E-state index is 0.228. The first-order valence-corrected chi connectivity index (χ1v) is 6.22. The van der Waals surface area contributed by atoms with Gasteiger partial charge in [0.25, 0.3) is 0 Å². The molecule has 0 radical (unpaired) electrons. The van der Waals surface area contributed by atoms with Crippen molar-refractivity contribution in [3.63, 3.8) is 0 Å². The quantitative estimate of drug-likeness (QED) is 0.823. The van der Waals surface area contributed by atoms with Gasteiger partial charge in [0.05, 0.1) is 0 Å². The number of carbonyl (C=O) groups excluding carboxylic acids is 1. The zero-order chi connectivity index (χ0) is 12.5. The SMILES string of the molecule is C=CC1CC(=O)N(Cc2ccc3cc[nH]c3c2)C1. The number of aromatic nitrogens is 1. The first kappa shape index (κ1) is 11.1. The van der Waals surface area contributed by atoms with Crippen LogP contribution in [-0.4, -0.2) is 22.3 Å². The largest absolute Gasteiger partial charge is 0.361 e. The third-order valence-corrected chi connectivity index (χ3v) is 3.57. The van der Waals surface area contributed by atoms with Crippen LogP contribution in [0.1, 0.15) is 12.0 Å². The molecule has 1 saturated heterocycles. The van der Waals surface area contributed by atoms with Gasteiger partial charge < -0.3 is 9.88 Å². The van der Waals surface area contributed by atoms with Crippen LogP contribution in [-0.2, 0) is 11.3 Å². The highest BCUT2D eigenvalue weighted by Gasteiger charge is 2.27. The Hall–Kier alpha value is -2.03. The summed E-state index contributed by atoms with van der Waals surface area (Å²) in [5.41, 5.74) is 2.29. The number of amides is 1. The Bertz CT molecular complexity index is 599. The first-order chi connectivity index (χ1) is 8.76. The number of aromatic amines is 1. The summed E-state index contributed by atoms with van der Waals surface area (Å²) in [6, 6.07) is 8.34. The fraction of sp³-hybridized carbons (Fsp3) is 0.267. The van der Waals surface area contributed by atoms with E-state index < -0.39 is 0 Å². The molecule has 3 nitrogen and oxygen atoms in total. The molecule has 1 unspecified atom stereocenters. The second-order valence-electron chi connectivity index (χ2n) is 4.87. The van der Waals surface area contributed by atoms with Gasteiger partial charge in [-0.05, 0) is 23.1 Å². The van der Waals surface area contributed by atoms with Crippen LogP contribution in [0, 0.1) is 5.92 Å². The van der Waals surface area contributed by atoms with E-state index in [1.807, 2.05) is 23.2 Å². The van der Waals surface area contributed by atoms with Crippen LogP contribution in [0.4, 0.5) is 0 Å². The maximum atomic E-state index is 11.8. The third kappa shape index (κ3) is 1.92. The van der Waals surface area contributed by atoms with Crippen molar-refractivity contribution in [2.24, 2.45) is 5.92 Å². The van der Waals surface area contributed by atoms with Gasteiger partial charge in [-0.2, -0.15) is 0 Å². The van der Waals surface area contributed by atoms with Crippen molar-refractivity contribution in [3.05, 3.63) is 48.7 Å². The Labute approximate surface area is 106 Å². The lowest BCUT2D eigenvalue weighted by molar-refractivity contribution is -0.128. The average Bonchev–Trinajstić information content (AvgIpc) is 2.96. The van der Waals surface area contributed by atoms with Crippen LogP contribution >= 0.6 is 0 Å². The molecule has 0 bridgehead atoms. The lowest BCUT2D eigenvalue weighted by atomic mass is 10.1. The number of likely N-dealkylation sites (tertiary alicyclic amines) is 1. The predicted molar refractivity (Wildman–Crippen MR) is 72.0 cm³/mol. The molecule has 1 aromatic heterocycles. The molecule has 1 atom stereocenters. The molecule has 0 spiro atoms. The van der Waals surface area contributed by atoms with E-state index in [1.54, 1.807) is 0 Å². The molecule has 3 rings (SSSR count). The van der Waals surface area contributed by atoms with Crippen LogP contribution in [0.3, 0.4) is 0 Å². The monoisotopic (exact) mass is 240 g/mol. The van der Waals surface area contributed by atoms with Crippen molar-refractivity contribution in [2.45, 2.75) is 13.0 Å². The fourth-order valence-electron chi connectivity index (χ4n) is 2.53. The molecule has 1 aliphatic rings. The topological polar surface area (TPSA) is 36.1 Å². The molecule has 1 fully saturated rings. The van der Waals surface area contributed by atoms with Gasteiger partial charge in [-0.25, -0.2) is 0 Å². The summed E-state index contributed by atoms with van der Waals surface area (Å²) >= 11 is 0. The van der Waals surface area contributed by atoms with E-state index >= 15 is 0 Å². The van der Waals surface area contributed by atoms with E-state index in [1.165, 1.54) is 10.9 Å². The van der Waals surface area contributed by atoms with Crippen LogP contribution in [0.25, 0.3) is 10.9 Å².